The molecule has 0 spiro atoms. The molecule has 3 rings (SSSR count). The van der Waals surface area contributed by atoms with Gasteiger partial charge in [0.15, 0.2) is 0 Å². The van der Waals surface area contributed by atoms with E-state index < -0.39 is 27.6 Å². The summed E-state index contributed by atoms with van der Waals surface area (Å²) < 4.78 is 39.7. The fraction of sp³-hybridized carbons (Fsp3) is 0.750. The van der Waals surface area contributed by atoms with E-state index in [9.17, 15) is 13.2 Å². The number of carbonyl (C=O) groups excluding carboxylic acids is 1. The summed E-state index contributed by atoms with van der Waals surface area (Å²) >= 11 is 0. The average Bonchev–Trinajstić information content (AvgIpc) is 2.96. The summed E-state index contributed by atoms with van der Waals surface area (Å²) in [5.74, 6) is -0.224. The molecule has 0 aromatic rings. The average molecular weight is 303 g/mol. The maximum Gasteiger partial charge on any atom is 0.273 e. The molecule has 112 valence electrons. The summed E-state index contributed by atoms with van der Waals surface area (Å²) in [6.07, 6.45) is -1.13. The van der Waals surface area contributed by atoms with Crippen molar-refractivity contribution in [2.75, 3.05) is 13.2 Å². The molecule has 3 aliphatic rings. The summed E-state index contributed by atoms with van der Waals surface area (Å²) in [6.45, 7) is 5.77. The van der Waals surface area contributed by atoms with Crippen LogP contribution in [0.3, 0.4) is 0 Å². The minimum atomic E-state index is -3.51. The van der Waals surface area contributed by atoms with Crippen molar-refractivity contribution in [3.05, 3.63) is 12.2 Å². The molecule has 5 atom stereocenters. The molecule has 1 N–H and O–H groups in total. The zero-order valence-electron chi connectivity index (χ0n) is 11.1. The highest BCUT2D eigenvalue weighted by Crippen LogP contribution is 2.47. The Morgan fingerprint density at radius 3 is 2.90 bits per heavy atom. The second kappa shape index (κ2) is 4.80. The van der Waals surface area contributed by atoms with Crippen LogP contribution in [0.15, 0.2) is 12.2 Å². The molecule has 3 fully saturated rings. The van der Waals surface area contributed by atoms with E-state index in [2.05, 4.69) is 11.9 Å². The van der Waals surface area contributed by atoms with Gasteiger partial charge in [-0.05, 0) is 13.3 Å². The first-order chi connectivity index (χ1) is 9.40. The first-order valence-corrected chi connectivity index (χ1v) is 8.00. The normalized spacial score (nSPS) is 40.0. The third-order valence-electron chi connectivity index (χ3n) is 3.88. The minimum Gasteiger partial charge on any atom is -0.371 e. The second-order valence-corrected chi connectivity index (χ2v) is 7.12. The molecule has 0 radical (unpaired) electrons. The van der Waals surface area contributed by atoms with Crippen molar-refractivity contribution < 1.29 is 26.9 Å². The van der Waals surface area contributed by atoms with Gasteiger partial charge in [-0.1, -0.05) is 6.58 Å². The van der Waals surface area contributed by atoms with Crippen LogP contribution in [-0.2, 0) is 28.6 Å². The maximum atomic E-state index is 11.7. The van der Waals surface area contributed by atoms with Crippen molar-refractivity contribution in [2.24, 2.45) is 0 Å². The Morgan fingerprint density at radius 1 is 1.45 bits per heavy atom. The lowest BCUT2D eigenvalue weighted by molar-refractivity contribution is -0.117. The van der Waals surface area contributed by atoms with E-state index >= 15 is 0 Å². The second-order valence-electron chi connectivity index (χ2n) is 5.34. The van der Waals surface area contributed by atoms with Gasteiger partial charge in [0.25, 0.3) is 10.1 Å². The van der Waals surface area contributed by atoms with Crippen LogP contribution in [0.4, 0.5) is 0 Å². The van der Waals surface area contributed by atoms with Gasteiger partial charge in [0.2, 0.25) is 5.91 Å². The predicted molar refractivity (Wildman–Crippen MR) is 68.4 cm³/mol. The zero-order valence-corrected chi connectivity index (χ0v) is 11.9. The highest BCUT2D eigenvalue weighted by molar-refractivity contribution is 7.87. The van der Waals surface area contributed by atoms with E-state index in [0.717, 1.165) is 0 Å². The predicted octanol–water partition coefficient (Wildman–Crippen LogP) is -0.668. The highest BCUT2D eigenvalue weighted by atomic mass is 32.2. The summed E-state index contributed by atoms with van der Waals surface area (Å²) in [4.78, 5) is 11.3. The first kappa shape index (κ1) is 14.0. The number of nitrogens with one attached hydrogen (secondary N) is 1. The Morgan fingerprint density at radius 2 is 2.20 bits per heavy atom. The molecule has 0 saturated carbocycles. The van der Waals surface area contributed by atoms with Crippen LogP contribution in [-0.4, -0.2) is 57.1 Å². The lowest BCUT2D eigenvalue weighted by Crippen LogP contribution is -2.41. The minimum absolute atomic E-state index is 0.224. The van der Waals surface area contributed by atoms with Crippen LogP contribution < -0.4 is 5.32 Å². The van der Waals surface area contributed by atoms with E-state index in [4.69, 9.17) is 13.7 Å². The zero-order chi connectivity index (χ0) is 14.5. The fourth-order valence-electron chi connectivity index (χ4n) is 2.94. The molecule has 0 aliphatic carbocycles. The summed E-state index contributed by atoms with van der Waals surface area (Å²) in [5.41, 5.74) is 0.432. The van der Waals surface area contributed by atoms with E-state index in [-0.39, 0.29) is 24.7 Å². The third kappa shape index (κ3) is 2.16. The molecule has 2 bridgehead atoms. The molecular formula is C12H17NO6S. The number of carbonyl (C=O) groups is 1. The molecule has 20 heavy (non-hydrogen) atoms. The largest absolute Gasteiger partial charge is 0.371 e. The molecule has 8 heteroatoms. The van der Waals surface area contributed by atoms with Gasteiger partial charge in [-0.2, -0.15) is 8.42 Å². The number of ether oxygens (including phenoxy) is 2. The van der Waals surface area contributed by atoms with Crippen LogP contribution >= 0.6 is 0 Å². The fourth-order valence-corrected chi connectivity index (χ4v) is 4.58. The lowest BCUT2D eigenvalue weighted by Gasteiger charge is -2.22. The van der Waals surface area contributed by atoms with Gasteiger partial charge in [-0.15, -0.1) is 0 Å². The standard InChI is InChI=1S/C12H17NO6S/c1-6(2)12(14)13-3-4-17-9-7-5-8-10(18-7)11(9)19-20(8,15)16/h7-11H,1,3-5H2,2H3,(H,13,14). The van der Waals surface area contributed by atoms with Gasteiger partial charge in [0.05, 0.1) is 12.7 Å². The number of fused-ring (bicyclic) bond motifs is 1. The van der Waals surface area contributed by atoms with E-state index in [0.29, 0.717) is 18.5 Å². The lowest BCUT2D eigenvalue weighted by atomic mass is 9.94. The van der Waals surface area contributed by atoms with Crippen LogP contribution in [0.2, 0.25) is 0 Å². The van der Waals surface area contributed by atoms with Gasteiger partial charge >= 0.3 is 0 Å². The number of hydrogen-bond donors (Lipinski definition) is 1. The Bertz CT molecular complexity index is 544. The van der Waals surface area contributed by atoms with Crippen molar-refractivity contribution in [3.8, 4) is 0 Å². The molecule has 3 saturated heterocycles. The van der Waals surface area contributed by atoms with Crippen molar-refractivity contribution in [1.82, 2.24) is 5.32 Å². The van der Waals surface area contributed by atoms with Crippen molar-refractivity contribution >= 4 is 16.0 Å². The monoisotopic (exact) mass is 303 g/mol. The topological polar surface area (TPSA) is 90.9 Å². The molecule has 0 aromatic heterocycles. The van der Waals surface area contributed by atoms with Crippen molar-refractivity contribution in [2.45, 2.75) is 43.0 Å². The third-order valence-corrected chi connectivity index (χ3v) is 5.57. The first-order valence-electron chi connectivity index (χ1n) is 6.53. The Balaban J connectivity index is 1.51. The molecular weight excluding hydrogens is 286 g/mol. The number of rotatable bonds is 5. The van der Waals surface area contributed by atoms with Gasteiger partial charge in [-0.3, -0.25) is 8.98 Å². The maximum absolute atomic E-state index is 11.7. The van der Waals surface area contributed by atoms with Gasteiger partial charge in [0, 0.05) is 12.1 Å². The molecule has 5 unspecified atom stereocenters. The quantitative estimate of drug-likeness (QED) is 0.411. The number of amides is 1. The van der Waals surface area contributed by atoms with E-state index in [1.165, 1.54) is 0 Å². The molecule has 7 nitrogen and oxygen atoms in total. The van der Waals surface area contributed by atoms with Crippen LogP contribution in [0.5, 0.6) is 0 Å². The van der Waals surface area contributed by atoms with Crippen molar-refractivity contribution in [1.29, 1.82) is 0 Å². The Kier molecular flexibility index (Phi) is 3.36. The number of hydrogen-bond acceptors (Lipinski definition) is 6. The molecule has 1 amide bonds. The summed E-state index contributed by atoms with van der Waals surface area (Å²) in [6, 6.07) is 0. The van der Waals surface area contributed by atoms with Gasteiger partial charge in [0.1, 0.15) is 23.6 Å². The SMILES string of the molecule is C=C(C)C(=O)NCCOC1C2CC3C(O2)C1OS3(=O)=O. The van der Waals surface area contributed by atoms with Crippen molar-refractivity contribution in [3.63, 3.8) is 0 Å². The van der Waals surface area contributed by atoms with E-state index in [1.54, 1.807) is 6.92 Å². The van der Waals surface area contributed by atoms with E-state index in [1.807, 2.05) is 0 Å². The van der Waals surface area contributed by atoms with Crippen LogP contribution in [0, 0.1) is 0 Å². The van der Waals surface area contributed by atoms with Crippen LogP contribution in [0.1, 0.15) is 13.3 Å². The summed E-state index contributed by atoms with van der Waals surface area (Å²) in [7, 11) is -3.51. The van der Waals surface area contributed by atoms with Gasteiger partial charge < -0.3 is 14.8 Å². The smallest absolute Gasteiger partial charge is 0.273 e. The summed E-state index contributed by atoms with van der Waals surface area (Å²) in [5, 5.41) is 2.11. The molecule has 0 aromatic carbocycles. The van der Waals surface area contributed by atoms with Crippen LogP contribution in [0.25, 0.3) is 0 Å². The highest BCUT2D eigenvalue weighted by Gasteiger charge is 2.66. The molecule has 3 aliphatic heterocycles. The molecule has 3 heterocycles. The Hall–Kier alpha value is -0.960. The van der Waals surface area contributed by atoms with Gasteiger partial charge in [-0.25, -0.2) is 0 Å². The Labute approximate surface area is 117 Å².